The molecule has 0 aliphatic heterocycles. The van der Waals surface area contributed by atoms with E-state index in [4.69, 9.17) is 0 Å². The van der Waals surface area contributed by atoms with Crippen molar-refractivity contribution in [3.63, 3.8) is 0 Å². The zero-order chi connectivity index (χ0) is 9.53. The van der Waals surface area contributed by atoms with Crippen LogP contribution in [0.15, 0.2) is 0 Å². The van der Waals surface area contributed by atoms with Crippen LogP contribution in [0.2, 0.25) is 0 Å². The lowest BCUT2D eigenvalue weighted by Crippen LogP contribution is -2.47. The molecule has 0 bridgehead atoms. The van der Waals surface area contributed by atoms with E-state index in [0.29, 0.717) is 10.8 Å². The van der Waals surface area contributed by atoms with Crippen molar-refractivity contribution in [2.75, 3.05) is 0 Å². The van der Waals surface area contributed by atoms with Gasteiger partial charge < -0.3 is 0 Å². The molecule has 0 heteroatoms. The third-order valence-electron chi connectivity index (χ3n) is 5.51. The molecule has 0 aromatic carbocycles. The van der Waals surface area contributed by atoms with Crippen LogP contribution in [0.5, 0.6) is 0 Å². The van der Waals surface area contributed by atoms with Crippen LogP contribution in [0.1, 0.15) is 65.7 Å². The Morgan fingerprint density at radius 3 is 2.23 bits per heavy atom. The molecule has 2 saturated carbocycles. The van der Waals surface area contributed by atoms with Gasteiger partial charge in [-0.05, 0) is 36.0 Å². The first kappa shape index (κ1) is 9.55. The van der Waals surface area contributed by atoms with Gasteiger partial charge in [0.15, 0.2) is 0 Å². The highest BCUT2D eigenvalue weighted by Crippen LogP contribution is 2.60. The van der Waals surface area contributed by atoms with Gasteiger partial charge in [-0.15, -0.1) is 0 Å². The summed E-state index contributed by atoms with van der Waals surface area (Å²) in [6.07, 6.45) is 10.4. The lowest BCUT2D eigenvalue weighted by molar-refractivity contribution is -0.0676. The predicted molar refractivity (Wildman–Crippen MR) is 57.7 cm³/mol. The lowest BCUT2D eigenvalue weighted by Gasteiger charge is -2.57. The summed E-state index contributed by atoms with van der Waals surface area (Å²) in [6, 6.07) is 0. The molecule has 2 fully saturated rings. The topological polar surface area (TPSA) is 0 Å². The highest BCUT2D eigenvalue weighted by atomic mass is 14.5. The van der Waals surface area contributed by atoms with E-state index in [1.54, 1.807) is 0 Å². The Bertz CT molecular complexity index is 192. The fraction of sp³-hybridized carbons (Fsp3) is 1.00. The highest BCUT2D eigenvalue weighted by Gasteiger charge is 2.50. The predicted octanol–water partition coefficient (Wildman–Crippen LogP) is 4.39. The summed E-state index contributed by atoms with van der Waals surface area (Å²) in [5.41, 5.74) is 1.35. The van der Waals surface area contributed by atoms with Gasteiger partial charge in [-0.2, -0.15) is 0 Å². The van der Waals surface area contributed by atoms with Gasteiger partial charge in [-0.25, -0.2) is 0 Å². The molecule has 0 saturated heterocycles. The summed E-state index contributed by atoms with van der Waals surface area (Å²) in [6.45, 7) is 7.61. The minimum Gasteiger partial charge on any atom is -0.0620 e. The van der Waals surface area contributed by atoms with E-state index >= 15 is 0 Å². The number of hydrogen-bond acceptors (Lipinski definition) is 0. The van der Waals surface area contributed by atoms with Gasteiger partial charge in [0, 0.05) is 0 Å². The summed E-state index contributed by atoms with van der Waals surface area (Å²) >= 11 is 0. The normalized spacial score (nSPS) is 51.5. The molecule has 13 heavy (non-hydrogen) atoms. The Labute approximate surface area is 83.1 Å². The standard InChI is InChI=1S/C13H24/c1-11-7-6-9-12(2)8-4-5-10-13(11,12)3/h11H,4-10H2,1-3H3/t11?,12-,13+/m1/s1. The van der Waals surface area contributed by atoms with Gasteiger partial charge in [0.2, 0.25) is 0 Å². The third kappa shape index (κ3) is 1.25. The van der Waals surface area contributed by atoms with Crippen molar-refractivity contribution in [3.05, 3.63) is 0 Å². The molecule has 0 nitrogen and oxygen atoms in total. The average Bonchev–Trinajstić information content (AvgIpc) is 2.09. The van der Waals surface area contributed by atoms with Crippen molar-refractivity contribution in [1.82, 2.24) is 0 Å². The van der Waals surface area contributed by atoms with Crippen LogP contribution >= 0.6 is 0 Å². The SMILES string of the molecule is CC1CCC[C@@]2(C)CCCC[C@@]12C. The molecule has 2 aliphatic carbocycles. The summed E-state index contributed by atoms with van der Waals surface area (Å²) < 4.78 is 0. The van der Waals surface area contributed by atoms with Crippen molar-refractivity contribution in [3.8, 4) is 0 Å². The smallest absolute Gasteiger partial charge is 0.0246 e. The Balaban J connectivity index is 2.27. The number of fused-ring (bicyclic) bond motifs is 1. The maximum Gasteiger partial charge on any atom is -0.0246 e. The van der Waals surface area contributed by atoms with Gasteiger partial charge in [0.25, 0.3) is 0 Å². The van der Waals surface area contributed by atoms with E-state index in [2.05, 4.69) is 20.8 Å². The molecule has 1 unspecified atom stereocenters. The summed E-state index contributed by atoms with van der Waals surface area (Å²) in [7, 11) is 0. The van der Waals surface area contributed by atoms with Crippen LogP contribution in [-0.4, -0.2) is 0 Å². The molecule has 0 amide bonds. The minimum atomic E-state index is 0.670. The summed E-state index contributed by atoms with van der Waals surface area (Å²) in [5.74, 6) is 0.964. The van der Waals surface area contributed by atoms with E-state index in [-0.39, 0.29) is 0 Å². The molecular weight excluding hydrogens is 156 g/mol. The first-order valence-electron chi connectivity index (χ1n) is 6.08. The van der Waals surface area contributed by atoms with E-state index in [0.717, 1.165) is 5.92 Å². The van der Waals surface area contributed by atoms with E-state index < -0.39 is 0 Å². The largest absolute Gasteiger partial charge is 0.0620 e. The van der Waals surface area contributed by atoms with Gasteiger partial charge >= 0.3 is 0 Å². The first-order chi connectivity index (χ1) is 6.08. The molecule has 2 aliphatic rings. The van der Waals surface area contributed by atoms with Crippen molar-refractivity contribution < 1.29 is 0 Å². The molecule has 0 radical (unpaired) electrons. The van der Waals surface area contributed by atoms with E-state index in [1.807, 2.05) is 0 Å². The highest BCUT2D eigenvalue weighted by molar-refractivity contribution is 5.00. The van der Waals surface area contributed by atoms with Crippen LogP contribution in [0.25, 0.3) is 0 Å². The molecule has 76 valence electrons. The molecule has 2 rings (SSSR count). The number of rotatable bonds is 0. The van der Waals surface area contributed by atoms with Gasteiger partial charge in [-0.3, -0.25) is 0 Å². The average molecular weight is 180 g/mol. The Morgan fingerprint density at radius 2 is 1.54 bits per heavy atom. The maximum atomic E-state index is 2.57. The third-order valence-corrected chi connectivity index (χ3v) is 5.51. The molecular formula is C13H24. The second-order valence-electron chi connectivity index (χ2n) is 5.98. The summed E-state index contributed by atoms with van der Waals surface area (Å²) in [4.78, 5) is 0. The van der Waals surface area contributed by atoms with Crippen molar-refractivity contribution in [2.45, 2.75) is 65.7 Å². The lowest BCUT2D eigenvalue weighted by atomic mass is 9.48. The molecule has 0 N–H and O–H groups in total. The second-order valence-corrected chi connectivity index (χ2v) is 5.98. The fourth-order valence-corrected chi connectivity index (χ4v) is 3.96. The van der Waals surface area contributed by atoms with Gasteiger partial charge in [-0.1, -0.05) is 46.5 Å². The van der Waals surface area contributed by atoms with Crippen LogP contribution in [0.3, 0.4) is 0 Å². The minimum absolute atomic E-state index is 0.670. The fourth-order valence-electron chi connectivity index (χ4n) is 3.96. The zero-order valence-corrected chi connectivity index (χ0v) is 9.53. The van der Waals surface area contributed by atoms with Crippen LogP contribution in [0, 0.1) is 16.7 Å². The van der Waals surface area contributed by atoms with Crippen LogP contribution < -0.4 is 0 Å². The van der Waals surface area contributed by atoms with Crippen LogP contribution in [0.4, 0.5) is 0 Å². The molecule has 0 aromatic rings. The van der Waals surface area contributed by atoms with Gasteiger partial charge in [0.05, 0.1) is 0 Å². The van der Waals surface area contributed by atoms with Crippen molar-refractivity contribution in [1.29, 1.82) is 0 Å². The summed E-state index contributed by atoms with van der Waals surface area (Å²) in [5, 5.41) is 0. The molecule has 0 aromatic heterocycles. The maximum absolute atomic E-state index is 2.57. The second kappa shape index (κ2) is 3.00. The molecule has 3 atom stereocenters. The number of hydrogen-bond donors (Lipinski definition) is 0. The van der Waals surface area contributed by atoms with Gasteiger partial charge in [0.1, 0.15) is 0 Å². The van der Waals surface area contributed by atoms with Crippen molar-refractivity contribution in [2.24, 2.45) is 16.7 Å². The van der Waals surface area contributed by atoms with Crippen LogP contribution in [-0.2, 0) is 0 Å². The first-order valence-corrected chi connectivity index (χ1v) is 6.08. The van der Waals surface area contributed by atoms with Crippen molar-refractivity contribution >= 4 is 0 Å². The molecule has 0 heterocycles. The Morgan fingerprint density at radius 1 is 0.923 bits per heavy atom. The Kier molecular flexibility index (Phi) is 2.20. The van der Waals surface area contributed by atoms with E-state index in [9.17, 15) is 0 Å². The molecule has 0 spiro atoms. The monoisotopic (exact) mass is 180 g/mol. The quantitative estimate of drug-likeness (QED) is 0.518. The Hall–Kier alpha value is 0. The zero-order valence-electron chi connectivity index (χ0n) is 9.53. The van der Waals surface area contributed by atoms with E-state index in [1.165, 1.54) is 44.9 Å².